The fraction of sp³-hybridized carbons (Fsp3) is 0.174. The van der Waals surface area contributed by atoms with E-state index >= 15 is 0 Å². The number of phenols is 1. The van der Waals surface area contributed by atoms with Crippen molar-refractivity contribution in [1.82, 2.24) is 4.90 Å². The molecule has 3 aromatic rings. The van der Waals surface area contributed by atoms with Gasteiger partial charge in [-0.2, -0.15) is 5.26 Å². The molecular weight excluding hydrogens is 396 g/mol. The van der Waals surface area contributed by atoms with Crippen molar-refractivity contribution < 1.29 is 9.90 Å². The number of nitrogens with zero attached hydrogens (tertiary/aromatic N) is 3. The third kappa shape index (κ3) is 3.21. The SMILES string of the molecule is CN1C(=O)[C@@H](c2cccc(O)c2)[C@@](C)(c2cc(-c3cccc(C#N)c3)cs2)N=C1N. The van der Waals surface area contributed by atoms with Gasteiger partial charge in [0.2, 0.25) is 5.91 Å². The van der Waals surface area contributed by atoms with E-state index < -0.39 is 11.5 Å². The fourth-order valence-electron chi connectivity index (χ4n) is 3.81. The zero-order chi connectivity index (χ0) is 21.5. The third-order valence-electron chi connectivity index (χ3n) is 5.46. The molecule has 2 aromatic carbocycles. The van der Waals surface area contributed by atoms with E-state index in [2.05, 4.69) is 6.07 Å². The lowest BCUT2D eigenvalue weighted by Gasteiger charge is -2.40. The van der Waals surface area contributed by atoms with Gasteiger partial charge in [0.1, 0.15) is 11.3 Å². The van der Waals surface area contributed by atoms with E-state index in [0.717, 1.165) is 16.0 Å². The standard InChI is InChI=1S/C23H20N4O2S/c1-23(19-11-17(13-30-19)15-6-3-5-14(9-15)12-24)20(16-7-4-8-18(28)10-16)21(29)27(2)22(25)26-23/h3-11,13,20,28H,1-2H3,(H2,25,26)/t20-,23-/m1/s1. The van der Waals surface area contributed by atoms with E-state index in [0.29, 0.717) is 11.1 Å². The molecule has 0 unspecified atom stereocenters. The van der Waals surface area contributed by atoms with Gasteiger partial charge < -0.3 is 10.8 Å². The predicted octanol–water partition coefficient (Wildman–Crippen LogP) is 3.78. The molecule has 0 spiro atoms. The average molecular weight is 417 g/mol. The summed E-state index contributed by atoms with van der Waals surface area (Å²) in [6, 6.07) is 18.2. The summed E-state index contributed by atoms with van der Waals surface area (Å²) in [5, 5.41) is 21.2. The summed E-state index contributed by atoms with van der Waals surface area (Å²) in [5.74, 6) is -0.579. The van der Waals surface area contributed by atoms with E-state index in [9.17, 15) is 15.2 Å². The molecule has 4 rings (SSSR count). The van der Waals surface area contributed by atoms with Gasteiger partial charge in [-0.15, -0.1) is 11.3 Å². The first-order chi connectivity index (χ1) is 14.3. The van der Waals surface area contributed by atoms with Crippen LogP contribution >= 0.6 is 11.3 Å². The Hall–Kier alpha value is -3.63. The molecule has 1 aromatic heterocycles. The number of carbonyl (C=O) groups is 1. The number of aliphatic imine (C=N–C) groups is 1. The number of amides is 1. The molecule has 6 nitrogen and oxygen atoms in total. The lowest BCUT2D eigenvalue weighted by Crippen LogP contribution is -2.52. The van der Waals surface area contributed by atoms with Crippen molar-refractivity contribution in [3.05, 3.63) is 76.0 Å². The molecule has 0 saturated carbocycles. The number of aromatic hydroxyl groups is 1. The number of nitrogens with two attached hydrogens (primary N) is 1. The topological polar surface area (TPSA) is 103 Å². The first kappa shape index (κ1) is 19.7. The van der Waals surface area contributed by atoms with Gasteiger partial charge in [0.15, 0.2) is 5.96 Å². The van der Waals surface area contributed by atoms with Crippen molar-refractivity contribution in [3.8, 4) is 22.9 Å². The number of hydrogen-bond donors (Lipinski definition) is 2. The van der Waals surface area contributed by atoms with Crippen LogP contribution in [0.5, 0.6) is 5.75 Å². The highest BCUT2D eigenvalue weighted by Gasteiger charge is 2.48. The Kier molecular flexibility index (Phi) is 4.80. The normalized spacial score (nSPS) is 21.2. The summed E-state index contributed by atoms with van der Waals surface area (Å²) in [6.07, 6.45) is 0. The largest absolute Gasteiger partial charge is 0.508 e. The van der Waals surface area contributed by atoms with Crippen molar-refractivity contribution in [2.24, 2.45) is 10.7 Å². The number of nitriles is 1. The quantitative estimate of drug-likeness (QED) is 0.678. The second-order valence-corrected chi connectivity index (χ2v) is 8.35. The Balaban J connectivity index is 1.85. The smallest absolute Gasteiger partial charge is 0.239 e. The van der Waals surface area contributed by atoms with Crippen molar-refractivity contribution in [1.29, 1.82) is 5.26 Å². The fourth-order valence-corrected chi connectivity index (χ4v) is 4.87. The van der Waals surface area contributed by atoms with Crippen LogP contribution in [0.1, 0.15) is 28.8 Å². The number of guanidine groups is 1. The van der Waals surface area contributed by atoms with Crippen LogP contribution in [0, 0.1) is 11.3 Å². The highest BCUT2D eigenvalue weighted by molar-refractivity contribution is 7.10. The minimum atomic E-state index is -0.933. The summed E-state index contributed by atoms with van der Waals surface area (Å²) < 4.78 is 0. The molecule has 1 amide bonds. The van der Waals surface area contributed by atoms with E-state index in [4.69, 9.17) is 10.7 Å². The summed E-state index contributed by atoms with van der Waals surface area (Å²) in [4.78, 5) is 20.2. The lowest BCUT2D eigenvalue weighted by molar-refractivity contribution is -0.130. The zero-order valence-electron chi connectivity index (χ0n) is 16.5. The maximum Gasteiger partial charge on any atom is 0.239 e. The van der Waals surface area contributed by atoms with Gasteiger partial charge >= 0.3 is 0 Å². The predicted molar refractivity (Wildman–Crippen MR) is 117 cm³/mol. The second-order valence-electron chi connectivity index (χ2n) is 7.44. The molecular formula is C23H20N4O2S. The van der Waals surface area contributed by atoms with Crippen molar-refractivity contribution in [2.45, 2.75) is 18.4 Å². The third-order valence-corrected chi connectivity index (χ3v) is 6.61. The molecule has 0 aliphatic carbocycles. The van der Waals surface area contributed by atoms with E-state index in [1.165, 1.54) is 16.2 Å². The Morgan fingerprint density at radius 1 is 1.20 bits per heavy atom. The molecule has 2 atom stereocenters. The Labute approximate surface area is 178 Å². The number of likely N-dealkylation sites (N-methyl/N-ethyl adjacent to an activating group) is 1. The van der Waals surface area contributed by atoms with Gasteiger partial charge in [0.05, 0.1) is 17.6 Å². The molecule has 0 fully saturated rings. The van der Waals surface area contributed by atoms with Crippen LogP contribution in [-0.2, 0) is 10.3 Å². The summed E-state index contributed by atoms with van der Waals surface area (Å²) >= 11 is 1.49. The minimum Gasteiger partial charge on any atom is -0.508 e. The number of carbonyl (C=O) groups excluding carboxylic acids is 1. The number of hydrogen-bond acceptors (Lipinski definition) is 6. The highest BCUT2D eigenvalue weighted by atomic mass is 32.1. The Morgan fingerprint density at radius 2 is 1.97 bits per heavy atom. The van der Waals surface area contributed by atoms with Crippen LogP contribution in [0.4, 0.5) is 0 Å². The lowest BCUT2D eigenvalue weighted by atomic mass is 9.77. The maximum atomic E-state index is 13.2. The highest BCUT2D eigenvalue weighted by Crippen LogP contribution is 2.47. The number of phenolic OH excluding ortho intramolecular Hbond substituents is 1. The van der Waals surface area contributed by atoms with Crippen LogP contribution in [0.2, 0.25) is 0 Å². The van der Waals surface area contributed by atoms with Crippen LogP contribution in [0.25, 0.3) is 11.1 Å². The molecule has 3 N–H and O–H groups in total. The first-order valence-electron chi connectivity index (χ1n) is 9.35. The zero-order valence-corrected chi connectivity index (χ0v) is 17.4. The number of benzene rings is 2. The number of rotatable bonds is 3. The van der Waals surface area contributed by atoms with E-state index in [1.54, 1.807) is 31.3 Å². The second kappa shape index (κ2) is 7.32. The average Bonchev–Trinajstić information content (AvgIpc) is 3.23. The van der Waals surface area contributed by atoms with Gasteiger partial charge in [-0.05, 0) is 59.3 Å². The van der Waals surface area contributed by atoms with Crippen molar-refractivity contribution in [3.63, 3.8) is 0 Å². The Morgan fingerprint density at radius 3 is 2.70 bits per heavy atom. The summed E-state index contributed by atoms with van der Waals surface area (Å²) in [6.45, 7) is 1.89. The van der Waals surface area contributed by atoms with Crippen molar-refractivity contribution >= 4 is 23.2 Å². The molecule has 2 heterocycles. The first-order valence-corrected chi connectivity index (χ1v) is 10.2. The molecule has 1 aliphatic heterocycles. The molecule has 0 saturated heterocycles. The monoisotopic (exact) mass is 416 g/mol. The van der Waals surface area contributed by atoms with Gasteiger partial charge in [0, 0.05) is 11.9 Å². The molecule has 0 radical (unpaired) electrons. The maximum absolute atomic E-state index is 13.2. The van der Waals surface area contributed by atoms with Crippen LogP contribution in [0.3, 0.4) is 0 Å². The van der Waals surface area contributed by atoms with Crippen molar-refractivity contribution in [2.75, 3.05) is 7.05 Å². The van der Waals surface area contributed by atoms with Gasteiger partial charge in [0.25, 0.3) is 0 Å². The van der Waals surface area contributed by atoms with Crippen LogP contribution in [0.15, 0.2) is 65.0 Å². The van der Waals surface area contributed by atoms with Crippen LogP contribution < -0.4 is 5.73 Å². The molecule has 30 heavy (non-hydrogen) atoms. The van der Waals surface area contributed by atoms with E-state index in [1.807, 2.05) is 42.6 Å². The molecule has 150 valence electrons. The van der Waals surface area contributed by atoms with Gasteiger partial charge in [-0.25, -0.2) is 4.99 Å². The minimum absolute atomic E-state index is 0.0908. The molecule has 0 bridgehead atoms. The van der Waals surface area contributed by atoms with Gasteiger partial charge in [-0.1, -0.05) is 24.3 Å². The molecule has 1 aliphatic rings. The van der Waals surface area contributed by atoms with Gasteiger partial charge in [-0.3, -0.25) is 9.69 Å². The van der Waals surface area contributed by atoms with Crippen LogP contribution in [-0.4, -0.2) is 28.9 Å². The number of thiophene rings is 1. The summed E-state index contributed by atoms with van der Waals surface area (Å²) in [7, 11) is 1.60. The van der Waals surface area contributed by atoms with E-state index in [-0.39, 0.29) is 17.6 Å². The molecule has 7 heteroatoms. The Bertz CT molecular complexity index is 1210. The summed E-state index contributed by atoms with van der Waals surface area (Å²) in [5.41, 5.74) is 8.27.